The second-order valence-corrected chi connectivity index (χ2v) is 2.30. The smallest absolute Gasteiger partial charge is 0.388 e. The minimum absolute atomic E-state index is 0.0231. The summed E-state index contributed by atoms with van der Waals surface area (Å²) in [5, 5.41) is 2.58. The van der Waals surface area contributed by atoms with Crippen LogP contribution in [0.2, 0.25) is 0 Å². The van der Waals surface area contributed by atoms with Crippen LogP contribution in [-0.2, 0) is 0 Å². The molecule has 1 radical (unpaired) electrons. The van der Waals surface area contributed by atoms with Crippen molar-refractivity contribution in [3.05, 3.63) is 11.4 Å². The van der Waals surface area contributed by atoms with E-state index in [1.165, 1.54) is 6.07 Å². The van der Waals surface area contributed by atoms with Crippen LogP contribution in [0.25, 0.3) is 0 Å². The van der Waals surface area contributed by atoms with Crippen LogP contribution in [0.4, 0.5) is 14.5 Å². The highest BCUT2D eigenvalue weighted by molar-refractivity contribution is 7.12. The predicted octanol–water partition coefficient (Wildman–Crippen LogP) is 1.73. The summed E-state index contributed by atoms with van der Waals surface area (Å²) in [4.78, 5) is 0. The molecule has 5 heteroatoms. The molecule has 0 aliphatic rings. The first-order valence-electron chi connectivity index (χ1n) is 2.40. The molecule has 0 bridgehead atoms. The first-order valence-corrected chi connectivity index (χ1v) is 3.22. The van der Waals surface area contributed by atoms with Gasteiger partial charge in [0.1, 0.15) is 0 Å². The Morgan fingerprint density at radius 3 is 2.80 bits per heavy atom. The predicted molar refractivity (Wildman–Crippen MR) is 34.2 cm³/mol. The standard InChI is InChI=1S/C5H4F2NOS/c6-5(7)9-4-3(8)1-2-10-4/h1,5H,8H2. The highest BCUT2D eigenvalue weighted by Crippen LogP contribution is 2.28. The lowest BCUT2D eigenvalue weighted by Gasteiger charge is -2.00. The van der Waals surface area contributed by atoms with Gasteiger partial charge >= 0.3 is 6.61 Å². The van der Waals surface area contributed by atoms with E-state index in [1.54, 1.807) is 0 Å². The number of ether oxygens (including phenoxy) is 1. The molecule has 10 heavy (non-hydrogen) atoms. The Hall–Kier alpha value is -0.840. The average Bonchev–Trinajstić information content (AvgIpc) is 2.15. The molecule has 0 spiro atoms. The second kappa shape index (κ2) is 2.83. The average molecular weight is 164 g/mol. The SMILES string of the molecule is Nc1c[c]sc1OC(F)F. The van der Waals surface area contributed by atoms with Crippen LogP contribution >= 0.6 is 11.3 Å². The van der Waals surface area contributed by atoms with Crippen LogP contribution in [0.5, 0.6) is 5.06 Å². The van der Waals surface area contributed by atoms with Crippen LogP contribution in [0.3, 0.4) is 0 Å². The molecular weight excluding hydrogens is 160 g/mol. The first-order chi connectivity index (χ1) is 4.70. The Labute approximate surface area is 60.2 Å². The van der Waals surface area contributed by atoms with E-state index >= 15 is 0 Å². The van der Waals surface area contributed by atoms with E-state index in [0.29, 0.717) is 0 Å². The normalized spacial score (nSPS) is 10.3. The van der Waals surface area contributed by atoms with Crippen molar-refractivity contribution < 1.29 is 13.5 Å². The van der Waals surface area contributed by atoms with Crippen LogP contribution < -0.4 is 10.5 Å². The number of alkyl halides is 2. The van der Waals surface area contributed by atoms with Gasteiger partial charge in [-0.05, 0) is 6.07 Å². The summed E-state index contributed by atoms with van der Waals surface area (Å²) in [5.74, 6) is 0. The Morgan fingerprint density at radius 2 is 2.40 bits per heavy atom. The zero-order valence-corrected chi connectivity index (χ0v) is 5.62. The van der Waals surface area contributed by atoms with Gasteiger partial charge in [-0.3, -0.25) is 0 Å². The van der Waals surface area contributed by atoms with E-state index < -0.39 is 6.61 Å². The quantitative estimate of drug-likeness (QED) is 0.722. The van der Waals surface area contributed by atoms with Crippen LogP contribution in [0, 0.1) is 5.38 Å². The maximum absolute atomic E-state index is 11.5. The van der Waals surface area contributed by atoms with Gasteiger partial charge in [0.25, 0.3) is 0 Å². The molecular formula is C5H4F2NOS. The molecule has 2 nitrogen and oxygen atoms in total. The number of halogens is 2. The van der Waals surface area contributed by atoms with Gasteiger partial charge in [-0.25, -0.2) is 0 Å². The molecule has 0 saturated carbocycles. The summed E-state index contributed by atoms with van der Waals surface area (Å²) in [6, 6.07) is 1.39. The topological polar surface area (TPSA) is 35.2 Å². The summed E-state index contributed by atoms with van der Waals surface area (Å²) < 4.78 is 27.0. The number of hydrogen-bond acceptors (Lipinski definition) is 3. The fourth-order valence-electron chi connectivity index (χ4n) is 0.437. The van der Waals surface area contributed by atoms with E-state index in [1.807, 2.05) is 0 Å². The highest BCUT2D eigenvalue weighted by Gasteiger charge is 2.07. The zero-order valence-electron chi connectivity index (χ0n) is 4.80. The van der Waals surface area contributed by atoms with Crippen molar-refractivity contribution in [2.45, 2.75) is 6.61 Å². The first kappa shape index (κ1) is 7.27. The molecule has 1 aromatic rings. The minimum Gasteiger partial charge on any atom is -0.423 e. The van der Waals surface area contributed by atoms with Gasteiger partial charge in [-0.2, -0.15) is 8.78 Å². The fraction of sp³-hybridized carbons (Fsp3) is 0.200. The fourth-order valence-corrected chi connectivity index (χ4v) is 1.03. The van der Waals surface area contributed by atoms with E-state index in [-0.39, 0.29) is 10.8 Å². The number of rotatable bonds is 2. The Morgan fingerprint density at radius 1 is 1.70 bits per heavy atom. The molecule has 2 N–H and O–H groups in total. The number of nitrogens with two attached hydrogens (primary N) is 1. The summed E-state index contributed by atoms with van der Waals surface area (Å²) >= 11 is 0.926. The minimum atomic E-state index is -2.81. The van der Waals surface area contributed by atoms with Gasteiger partial charge in [0.05, 0.1) is 11.1 Å². The molecule has 1 aromatic heterocycles. The molecule has 0 aliphatic carbocycles. The summed E-state index contributed by atoms with van der Waals surface area (Å²) in [6.07, 6.45) is 0. The summed E-state index contributed by atoms with van der Waals surface area (Å²) in [7, 11) is 0. The van der Waals surface area contributed by atoms with Crippen molar-refractivity contribution >= 4 is 17.0 Å². The summed E-state index contributed by atoms with van der Waals surface area (Å²) in [6.45, 7) is -2.81. The molecule has 0 amide bonds. The van der Waals surface area contributed by atoms with E-state index in [2.05, 4.69) is 10.1 Å². The molecule has 55 valence electrons. The third-order valence-electron chi connectivity index (χ3n) is 0.798. The van der Waals surface area contributed by atoms with Gasteiger partial charge in [0.15, 0.2) is 0 Å². The van der Waals surface area contributed by atoms with Crippen LogP contribution in [0.1, 0.15) is 0 Å². The van der Waals surface area contributed by atoms with Gasteiger partial charge in [0.2, 0.25) is 5.06 Å². The molecule has 0 aromatic carbocycles. The largest absolute Gasteiger partial charge is 0.423 e. The molecule has 0 atom stereocenters. The Kier molecular flexibility index (Phi) is 2.06. The van der Waals surface area contributed by atoms with Crippen molar-refractivity contribution in [1.29, 1.82) is 0 Å². The van der Waals surface area contributed by atoms with Crippen molar-refractivity contribution in [3.8, 4) is 5.06 Å². The Balaban J connectivity index is 2.65. The van der Waals surface area contributed by atoms with E-state index in [0.717, 1.165) is 11.3 Å². The Bertz CT molecular complexity index is 213. The van der Waals surface area contributed by atoms with Crippen LogP contribution in [-0.4, -0.2) is 6.61 Å². The van der Waals surface area contributed by atoms with Crippen molar-refractivity contribution in [2.75, 3.05) is 5.73 Å². The van der Waals surface area contributed by atoms with Gasteiger partial charge < -0.3 is 10.5 Å². The lowest BCUT2D eigenvalue weighted by atomic mass is 10.5. The molecule has 1 rings (SSSR count). The number of thiophene rings is 1. The lowest BCUT2D eigenvalue weighted by Crippen LogP contribution is -2.01. The van der Waals surface area contributed by atoms with Gasteiger partial charge in [-0.1, -0.05) is 11.3 Å². The van der Waals surface area contributed by atoms with Crippen molar-refractivity contribution in [2.24, 2.45) is 0 Å². The number of anilines is 1. The van der Waals surface area contributed by atoms with Gasteiger partial charge in [-0.15, -0.1) is 0 Å². The third-order valence-corrected chi connectivity index (χ3v) is 1.55. The molecule has 0 fully saturated rings. The molecule has 0 aliphatic heterocycles. The third kappa shape index (κ3) is 1.57. The molecule has 0 unspecified atom stereocenters. The second-order valence-electron chi connectivity index (χ2n) is 1.49. The maximum Gasteiger partial charge on any atom is 0.388 e. The molecule has 1 heterocycles. The van der Waals surface area contributed by atoms with E-state index in [4.69, 9.17) is 5.73 Å². The van der Waals surface area contributed by atoms with E-state index in [9.17, 15) is 8.78 Å². The zero-order chi connectivity index (χ0) is 7.56. The maximum atomic E-state index is 11.5. The number of hydrogen-bond donors (Lipinski definition) is 1. The van der Waals surface area contributed by atoms with Crippen molar-refractivity contribution in [3.63, 3.8) is 0 Å². The van der Waals surface area contributed by atoms with Crippen molar-refractivity contribution in [1.82, 2.24) is 0 Å². The van der Waals surface area contributed by atoms with Gasteiger partial charge in [0, 0.05) is 0 Å². The molecule has 0 saturated heterocycles. The van der Waals surface area contributed by atoms with Crippen LogP contribution in [0.15, 0.2) is 6.07 Å². The lowest BCUT2D eigenvalue weighted by molar-refractivity contribution is -0.0467. The number of nitrogen functional groups attached to an aromatic ring is 1. The highest BCUT2D eigenvalue weighted by atomic mass is 32.1. The summed E-state index contributed by atoms with van der Waals surface area (Å²) in [5.41, 5.74) is 5.41. The monoisotopic (exact) mass is 164 g/mol.